The Morgan fingerprint density at radius 1 is 1.30 bits per heavy atom. The Labute approximate surface area is 144 Å². The van der Waals surface area contributed by atoms with Crippen LogP contribution in [0.3, 0.4) is 0 Å². The standard InChI is InChI=1S/C17H17BrO4S/c1-3-12-9-13(8-7-11(12)2)23(19,20)22-17-10-14-15(18)5-4-6-16(14)21-17/h4-9,17H,3,10H2,1-2H3. The maximum atomic E-state index is 12.5. The number of hydrogen-bond acceptors (Lipinski definition) is 4. The smallest absolute Gasteiger partial charge is 0.300 e. The van der Waals surface area contributed by atoms with Gasteiger partial charge in [-0.05, 0) is 48.7 Å². The minimum absolute atomic E-state index is 0.165. The molecule has 0 amide bonds. The zero-order valence-corrected chi connectivity index (χ0v) is 15.3. The predicted octanol–water partition coefficient (Wildman–Crippen LogP) is 3.99. The van der Waals surface area contributed by atoms with E-state index in [1.165, 1.54) is 0 Å². The molecule has 1 heterocycles. The first-order chi connectivity index (χ1) is 10.9. The van der Waals surface area contributed by atoms with E-state index >= 15 is 0 Å². The molecule has 1 aliphatic rings. The highest BCUT2D eigenvalue weighted by molar-refractivity contribution is 9.10. The van der Waals surface area contributed by atoms with E-state index in [2.05, 4.69) is 15.9 Å². The molecule has 0 saturated carbocycles. The Balaban J connectivity index is 1.82. The van der Waals surface area contributed by atoms with Gasteiger partial charge in [0.2, 0.25) is 6.29 Å². The summed E-state index contributed by atoms with van der Waals surface area (Å²) in [6, 6.07) is 10.6. The van der Waals surface area contributed by atoms with Crippen LogP contribution >= 0.6 is 15.9 Å². The van der Waals surface area contributed by atoms with Crippen LogP contribution in [-0.4, -0.2) is 14.7 Å². The van der Waals surface area contributed by atoms with Crippen LogP contribution in [0.2, 0.25) is 0 Å². The van der Waals surface area contributed by atoms with Gasteiger partial charge in [0.25, 0.3) is 10.1 Å². The van der Waals surface area contributed by atoms with Gasteiger partial charge in [-0.15, -0.1) is 0 Å². The van der Waals surface area contributed by atoms with Gasteiger partial charge in [-0.2, -0.15) is 8.42 Å². The van der Waals surface area contributed by atoms with Crippen molar-refractivity contribution < 1.29 is 17.3 Å². The number of aryl methyl sites for hydroxylation is 2. The molecule has 1 unspecified atom stereocenters. The second-order valence-electron chi connectivity index (χ2n) is 5.46. The molecule has 0 bridgehead atoms. The van der Waals surface area contributed by atoms with Crippen molar-refractivity contribution in [3.63, 3.8) is 0 Å². The number of ether oxygens (including phenoxy) is 1. The van der Waals surface area contributed by atoms with Crippen LogP contribution in [0.25, 0.3) is 0 Å². The summed E-state index contributed by atoms with van der Waals surface area (Å²) in [6.07, 6.45) is 0.329. The third kappa shape index (κ3) is 3.29. The lowest BCUT2D eigenvalue weighted by atomic mass is 10.1. The summed E-state index contributed by atoms with van der Waals surface area (Å²) in [5, 5.41) is 0. The predicted molar refractivity (Wildman–Crippen MR) is 91.1 cm³/mol. The SMILES string of the molecule is CCc1cc(S(=O)(=O)OC2Cc3c(Br)cccc3O2)ccc1C. The first-order valence-electron chi connectivity index (χ1n) is 7.37. The number of hydrogen-bond donors (Lipinski definition) is 0. The lowest BCUT2D eigenvalue weighted by Gasteiger charge is -2.13. The van der Waals surface area contributed by atoms with Gasteiger partial charge in [0.15, 0.2) is 0 Å². The largest absolute Gasteiger partial charge is 0.463 e. The molecule has 0 radical (unpaired) electrons. The van der Waals surface area contributed by atoms with Gasteiger partial charge >= 0.3 is 0 Å². The molecule has 6 heteroatoms. The van der Waals surface area contributed by atoms with E-state index in [0.29, 0.717) is 12.2 Å². The summed E-state index contributed by atoms with van der Waals surface area (Å²) >= 11 is 3.44. The third-order valence-electron chi connectivity index (χ3n) is 3.93. The van der Waals surface area contributed by atoms with Crippen molar-refractivity contribution in [2.24, 2.45) is 0 Å². The van der Waals surface area contributed by atoms with Crippen LogP contribution in [-0.2, 0) is 27.1 Å². The van der Waals surface area contributed by atoms with Crippen LogP contribution in [0.1, 0.15) is 23.6 Å². The minimum Gasteiger partial charge on any atom is -0.463 e. The maximum Gasteiger partial charge on any atom is 0.300 e. The van der Waals surface area contributed by atoms with Crippen molar-refractivity contribution >= 4 is 26.0 Å². The molecule has 2 aromatic rings. The van der Waals surface area contributed by atoms with Gasteiger partial charge in [0.1, 0.15) is 5.75 Å². The van der Waals surface area contributed by atoms with Crippen LogP contribution in [0.15, 0.2) is 45.8 Å². The van der Waals surface area contributed by atoms with E-state index in [1.807, 2.05) is 26.0 Å². The van der Waals surface area contributed by atoms with E-state index in [0.717, 1.165) is 27.6 Å². The van der Waals surface area contributed by atoms with Gasteiger partial charge in [-0.25, -0.2) is 4.18 Å². The molecule has 4 nitrogen and oxygen atoms in total. The van der Waals surface area contributed by atoms with Crippen molar-refractivity contribution in [2.45, 2.75) is 37.9 Å². The van der Waals surface area contributed by atoms with Crippen molar-refractivity contribution in [2.75, 3.05) is 0 Å². The lowest BCUT2D eigenvalue weighted by Crippen LogP contribution is -2.22. The zero-order valence-electron chi connectivity index (χ0n) is 12.9. The van der Waals surface area contributed by atoms with Gasteiger partial charge in [-0.1, -0.05) is 35.0 Å². The van der Waals surface area contributed by atoms with Gasteiger partial charge in [0.05, 0.1) is 4.90 Å². The zero-order chi connectivity index (χ0) is 16.6. The topological polar surface area (TPSA) is 52.6 Å². The molecule has 0 aromatic heterocycles. The fourth-order valence-electron chi connectivity index (χ4n) is 2.63. The first kappa shape index (κ1) is 16.5. The van der Waals surface area contributed by atoms with E-state index in [-0.39, 0.29) is 4.90 Å². The van der Waals surface area contributed by atoms with Crippen LogP contribution in [0, 0.1) is 6.92 Å². The Hall–Kier alpha value is -1.37. The van der Waals surface area contributed by atoms with E-state index in [9.17, 15) is 8.42 Å². The number of halogens is 1. The fourth-order valence-corrected chi connectivity index (χ4v) is 4.16. The Morgan fingerprint density at radius 3 is 2.78 bits per heavy atom. The molecule has 0 spiro atoms. The average molecular weight is 397 g/mol. The van der Waals surface area contributed by atoms with E-state index in [4.69, 9.17) is 8.92 Å². The van der Waals surface area contributed by atoms with Crippen LogP contribution < -0.4 is 4.74 Å². The minimum atomic E-state index is -3.86. The summed E-state index contributed by atoms with van der Waals surface area (Å²) in [4.78, 5) is 0.165. The van der Waals surface area contributed by atoms with Crippen molar-refractivity contribution in [3.05, 3.63) is 57.6 Å². The highest BCUT2D eigenvalue weighted by Crippen LogP contribution is 2.35. The van der Waals surface area contributed by atoms with Gasteiger partial charge < -0.3 is 4.74 Å². The third-order valence-corrected chi connectivity index (χ3v) is 5.97. The van der Waals surface area contributed by atoms with Crippen LogP contribution in [0.5, 0.6) is 5.75 Å². The normalized spacial score (nSPS) is 16.9. The highest BCUT2D eigenvalue weighted by atomic mass is 79.9. The Kier molecular flexibility index (Phi) is 4.49. The number of fused-ring (bicyclic) bond motifs is 1. The summed E-state index contributed by atoms with van der Waals surface area (Å²) in [7, 11) is -3.86. The highest BCUT2D eigenvalue weighted by Gasteiger charge is 2.30. The van der Waals surface area contributed by atoms with Crippen molar-refractivity contribution in [3.8, 4) is 5.75 Å². The molecule has 0 fully saturated rings. The van der Waals surface area contributed by atoms with E-state index < -0.39 is 16.4 Å². The summed E-state index contributed by atoms with van der Waals surface area (Å²) in [6.45, 7) is 3.96. The summed E-state index contributed by atoms with van der Waals surface area (Å²) in [5.41, 5.74) is 2.99. The molecule has 0 N–H and O–H groups in total. The molecule has 0 aliphatic carbocycles. The van der Waals surface area contributed by atoms with Gasteiger partial charge in [0, 0.05) is 16.5 Å². The number of rotatable bonds is 4. The number of benzene rings is 2. The monoisotopic (exact) mass is 396 g/mol. The second-order valence-corrected chi connectivity index (χ2v) is 7.89. The molecule has 1 atom stereocenters. The lowest BCUT2D eigenvalue weighted by molar-refractivity contribution is 0.0313. The summed E-state index contributed by atoms with van der Waals surface area (Å²) in [5.74, 6) is 0.651. The molecule has 3 rings (SSSR count). The fraction of sp³-hybridized carbons (Fsp3) is 0.294. The van der Waals surface area contributed by atoms with Gasteiger partial charge in [-0.3, -0.25) is 0 Å². The summed E-state index contributed by atoms with van der Waals surface area (Å²) < 4.78 is 36.8. The second kappa shape index (κ2) is 6.26. The molecule has 0 saturated heterocycles. The van der Waals surface area contributed by atoms with Crippen LogP contribution in [0.4, 0.5) is 0 Å². The maximum absolute atomic E-state index is 12.5. The van der Waals surface area contributed by atoms with E-state index in [1.54, 1.807) is 24.3 Å². The quantitative estimate of drug-likeness (QED) is 0.733. The molecule has 122 valence electrons. The molecule has 23 heavy (non-hydrogen) atoms. The van der Waals surface area contributed by atoms with Crippen molar-refractivity contribution in [1.29, 1.82) is 0 Å². The molecule has 1 aliphatic heterocycles. The molecule has 2 aromatic carbocycles. The van der Waals surface area contributed by atoms with Crippen molar-refractivity contribution in [1.82, 2.24) is 0 Å². The average Bonchev–Trinajstić information content (AvgIpc) is 2.90. The first-order valence-corrected chi connectivity index (χ1v) is 9.57. The molecular formula is C17H17BrO4S. The molecular weight excluding hydrogens is 380 g/mol. The Morgan fingerprint density at radius 2 is 2.09 bits per heavy atom. The Bertz CT molecular complexity index is 846.